The molecule has 0 unspecified atom stereocenters. The van der Waals surface area contributed by atoms with E-state index in [2.05, 4.69) is 34.5 Å². The lowest BCUT2D eigenvalue weighted by Crippen LogP contribution is -2.07. The molecule has 0 saturated carbocycles. The number of aryl methyl sites for hydroxylation is 1. The summed E-state index contributed by atoms with van der Waals surface area (Å²) >= 11 is 0. The first-order valence-electron chi connectivity index (χ1n) is 10.3. The number of H-pyrrole nitrogens is 1. The van der Waals surface area contributed by atoms with Crippen molar-refractivity contribution < 1.29 is 9.53 Å². The van der Waals surface area contributed by atoms with E-state index >= 15 is 0 Å². The first kappa shape index (κ1) is 20.1. The van der Waals surface area contributed by atoms with Crippen LogP contribution in [0.15, 0.2) is 42.5 Å². The van der Waals surface area contributed by atoms with Crippen molar-refractivity contribution in [3.05, 3.63) is 48.0 Å². The molecule has 0 fully saturated rings. The van der Waals surface area contributed by atoms with Gasteiger partial charge in [-0.25, -0.2) is 0 Å². The predicted molar refractivity (Wildman–Crippen MR) is 112 cm³/mol. The lowest BCUT2D eigenvalue weighted by Gasteiger charge is -2.07. The van der Waals surface area contributed by atoms with Crippen LogP contribution in [-0.4, -0.2) is 28.0 Å². The van der Waals surface area contributed by atoms with Gasteiger partial charge in [-0.2, -0.15) is 15.4 Å². The highest BCUT2D eigenvalue weighted by atomic mass is 16.5. The van der Waals surface area contributed by atoms with Crippen LogP contribution in [0, 0.1) is 0 Å². The van der Waals surface area contributed by atoms with Crippen LogP contribution in [0.4, 0.5) is 0 Å². The average molecular weight is 380 g/mol. The number of fused-ring (bicyclic) bond motifs is 1. The zero-order valence-corrected chi connectivity index (χ0v) is 16.6. The molecule has 0 saturated heterocycles. The van der Waals surface area contributed by atoms with Gasteiger partial charge in [0.15, 0.2) is 0 Å². The van der Waals surface area contributed by atoms with Crippen LogP contribution < -0.4 is 0 Å². The maximum atomic E-state index is 12.0. The minimum Gasteiger partial charge on any atom is -0.466 e. The second kappa shape index (κ2) is 10.6. The third-order valence-corrected chi connectivity index (χ3v) is 4.96. The number of aromatic nitrogens is 3. The van der Waals surface area contributed by atoms with Crippen LogP contribution in [0.5, 0.6) is 0 Å². The van der Waals surface area contributed by atoms with Crippen molar-refractivity contribution in [3.8, 4) is 11.1 Å². The molecule has 148 valence electrons. The van der Waals surface area contributed by atoms with Gasteiger partial charge >= 0.3 is 5.97 Å². The third kappa shape index (κ3) is 5.65. The van der Waals surface area contributed by atoms with Gasteiger partial charge in [0.25, 0.3) is 0 Å². The van der Waals surface area contributed by atoms with Crippen molar-refractivity contribution >= 4 is 17.0 Å². The monoisotopic (exact) mass is 379 g/mol. The smallest absolute Gasteiger partial charge is 0.306 e. The summed E-state index contributed by atoms with van der Waals surface area (Å²) in [7, 11) is 0. The summed E-state index contributed by atoms with van der Waals surface area (Å²) in [6.45, 7) is 2.76. The number of nitrogens with one attached hydrogen (secondary N) is 1. The van der Waals surface area contributed by atoms with Crippen molar-refractivity contribution in [1.29, 1.82) is 0 Å². The second-order valence-corrected chi connectivity index (χ2v) is 7.19. The number of aromatic amines is 1. The van der Waals surface area contributed by atoms with Gasteiger partial charge in [-0.15, -0.1) is 0 Å². The van der Waals surface area contributed by atoms with Gasteiger partial charge in [0.2, 0.25) is 0 Å². The summed E-state index contributed by atoms with van der Waals surface area (Å²) in [5.74, 6) is -0.113. The summed E-state index contributed by atoms with van der Waals surface area (Å²) in [6, 6.07) is 14.2. The summed E-state index contributed by atoms with van der Waals surface area (Å²) in [4.78, 5) is 12.0. The normalized spacial score (nSPS) is 11.0. The largest absolute Gasteiger partial charge is 0.466 e. The maximum absolute atomic E-state index is 12.0. The molecule has 3 rings (SSSR count). The Bertz CT molecular complexity index is 888. The number of esters is 1. The molecule has 28 heavy (non-hydrogen) atoms. The molecule has 0 amide bonds. The Labute approximate surface area is 166 Å². The SMILES string of the molecule is CCCCCCCCOC(=O)CCc1cccc(-c2cccc3n[nH]nc23)c1. The quantitative estimate of drug-likeness (QED) is 0.355. The van der Waals surface area contributed by atoms with Crippen LogP contribution >= 0.6 is 0 Å². The van der Waals surface area contributed by atoms with E-state index in [1.54, 1.807) is 0 Å². The van der Waals surface area contributed by atoms with E-state index in [0.29, 0.717) is 19.4 Å². The zero-order valence-electron chi connectivity index (χ0n) is 16.6. The van der Waals surface area contributed by atoms with Crippen LogP contribution in [0.2, 0.25) is 0 Å². The van der Waals surface area contributed by atoms with E-state index in [-0.39, 0.29) is 5.97 Å². The fraction of sp³-hybridized carbons (Fsp3) is 0.435. The number of rotatable bonds is 11. The van der Waals surface area contributed by atoms with Gasteiger partial charge in [-0.1, -0.05) is 75.4 Å². The van der Waals surface area contributed by atoms with E-state index in [0.717, 1.165) is 40.6 Å². The molecule has 0 aliphatic rings. The lowest BCUT2D eigenvalue weighted by molar-refractivity contribution is -0.143. The molecule has 5 nitrogen and oxygen atoms in total. The number of nitrogens with zero attached hydrogens (tertiary/aromatic N) is 2. The van der Waals surface area contributed by atoms with Crippen LogP contribution in [-0.2, 0) is 16.0 Å². The molecule has 1 heterocycles. The zero-order chi connectivity index (χ0) is 19.6. The third-order valence-electron chi connectivity index (χ3n) is 4.96. The van der Waals surface area contributed by atoms with E-state index in [9.17, 15) is 4.79 Å². The molecule has 0 spiro atoms. The average Bonchev–Trinajstić information content (AvgIpc) is 3.21. The molecule has 0 aliphatic carbocycles. The lowest BCUT2D eigenvalue weighted by atomic mass is 10.00. The van der Waals surface area contributed by atoms with Crippen LogP contribution in [0.25, 0.3) is 22.2 Å². The highest BCUT2D eigenvalue weighted by molar-refractivity contribution is 5.91. The Balaban J connectivity index is 1.47. The minimum atomic E-state index is -0.113. The van der Waals surface area contributed by atoms with Gasteiger partial charge in [-0.3, -0.25) is 4.79 Å². The van der Waals surface area contributed by atoms with Gasteiger partial charge in [0, 0.05) is 12.0 Å². The molecule has 5 heteroatoms. The molecule has 1 N–H and O–H groups in total. The fourth-order valence-electron chi connectivity index (χ4n) is 3.38. The van der Waals surface area contributed by atoms with Gasteiger partial charge in [0.05, 0.1) is 6.61 Å². The predicted octanol–water partition coefficient (Wildman–Crippen LogP) is 5.46. The van der Waals surface area contributed by atoms with Gasteiger partial charge in [0.1, 0.15) is 11.0 Å². The molecule has 0 bridgehead atoms. The Hall–Kier alpha value is -2.69. The number of hydrogen-bond donors (Lipinski definition) is 1. The molecular weight excluding hydrogens is 350 g/mol. The summed E-state index contributed by atoms with van der Waals surface area (Å²) < 4.78 is 5.37. The summed E-state index contributed by atoms with van der Waals surface area (Å²) in [6.07, 6.45) is 8.26. The second-order valence-electron chi connectivity index (χ2n) is 7.19. The molecule has 3 aromatic rings. The molecule has 2 aromatic carbocycles. The van der Waals surface area contributed by atoms with Crippen molar-refractivity contribution in [1.82, 2.24) is 15.4 Å². The number of ether oxygens (including phenoxy) is 1. The number of carbonyl (C=O) groups excluding carboxylic acids is 1. The van der Waals surface area contributed by atoms with Crippen molar-refractivity contribution in [2.45, 2.75) is 58.3 Å². The van der Waals surface area contributed by atoms with E-state index in [1.807, 2.05) is 30.3 Å². The first-order valence-corrected chi connectivity index (χ1v) is 10.3. The minimum absolute atomic E-state index is 0.113. The Morgan fingerprint density at radius 1 is 1.00 bits per heavy atom. The summed E-state index contributed by atoms with van der Waals surface area (Å²) in [5.41, 5.74) is 4.95. The van der Waals surface area contributed by atoms with E-state index < -0.39 is 0 Å². The van der Waals surface area contributed by atoms with Crippen molar-refractivity contribution in [3.63, 3.8) is 0 Å². The summed E-state index contributed by atoms with van der Waals surface area (Å²) in [5, 5.41) is 11.1. The number of carbonyl (C=O) groups is 1. The first-order chi connectivity index (χ1) is 13.8. The number of benzene rings is 2. The molecule has 1 aromatic heterocycles. The number of unbranched alkanes of at least 4 members (excludes halogenated alkanes) is 5. The van der Waals surface area contributed by atoms with Crippen molar-refractivity contribution in [2.75, 3.05) is 6.61 Å². The molecule has 0 aliphatic heterocycles. The van der Waals surface area contributed by atoms with E-state index in [4.69, 9.17) is 4.74 Å². The highest BCUT2D eigenvalue weighted by Crippen LogP contribution is 2.27. The molecule has 0 radical (unpaired) electrons. The Morgan fingerprint density at radius 2 is 1.82 bits per heavy atom. The maximum Gasteiger partial charge on any atom is 0.306 e. The van der Waals surface area contributed by atoms with Crippen LogP contribution in [0.3, 0.4) is 0 Å². The molecule has 0 atom stereocenters. The standard InChI is InChI=1S/C23H29N3O2/c1-2-3-4-5-6-7-16-28-22(27)15-14-18-10-8-11-19(17-18)20-12-9-13-21-23(20)25-26-24-21/h8-13,17H,2-7,14-16H2,1H3,(H,24,25,26). The molecular formula is C23H29N3O2. The van der Waals surface area contributed by atoms with E-state index in [1.165, 1.54) is 25.7 Å². The number of hydrogen-bond acceptors (Lipinski definition) is 4. The van der Waals surface area contributed by atoms with Gasteiger partial charge in [-0.05, 0) is 30.0 Å². The fourth-order valence-corrected chi connectivity index (χ4v) is 3.38. The Kier molecular flexibility index (Phi) is 7.59. The number of para-hydroxylation sites is 1. The van der Waals surface area contributed by atoms with Crippen molar-refractivity contribution in [2.24, 2.45) is 0 Å². The highest BCUT2D eigenvalue weighted by Gasteiger charge is 2.09. The van der Waals surface area contributed by atoms with Crippen LogP contribution in [0.1, 0.15) is 57.4 Å². The Morgan fingerprint density at radius 3 is 2.71 bits per heavy atom. The topological polar surface area (TPSA) is 67.9 Å². The van der Waals surface area contributed by atoms with Gasteiger partial charge < -0.3 is 4.74 Å².